The van der Waals surface area contributed by atoms with Gasteiger partial charge in [0.05, 0.1) is 21.1 Å². The van der Waals surface area contributed by atoms with Crippen LogP contribution in [0.1, 0.15) is 24.0 Å². The quantitative estimate of drug-likeness (QED) is 0.271. The first-order chi connectivity index (χ1) is 9.75. The molecule has 0 radical (unpaired) electrons. The summed E-state index contributed by atoms with van der Waals surface area (Å²) in [6.07, 6.45) is 3.22. The van der Waals surface area contributed by atoms with E-state index in [1.807, 2.05) is 21.1 Å². The van der Waals surface area contributed by atoms with Crippen molar-refractivity contribution in [2.45, 2.75) is 24.9 Å². The van der Waals surface area contributed by atoms with Gasteiger partial charge in [0.1, 0.15) is 12.1 Å². The predicted octanol–water partition coefficient (Wildman–Crippen LogP) is -0.752. The Labute approximate surface area is 123 Å². The Hall–Kier alpha value is -1.93. The van der Waals surface area contributed by atoms with Gasteiger partial charge in [0.15, 0.2) is 5.82 Å². The van der Waals surface area contributed by atoms with Gasteiger partial charge in [0.25, 0.3) is 0 Å². The van der Waals surface area contributed by atoms with Crippen molar-refractivity contribution in [1.82, 2.24) is 15.3 Å². The highest BCUT2D eigenvalue weighted by Gasteiger charge is 2.28. The lowest BCUT2D eigenvalue weighted by Gasteiger charge is -2.32. The number of carboxylic acids is 1. The molecule has 0 aliphatic rings. The van der Waals surface area contributed by atoms with Crippen LogP contribution < -0.4 is 11.1 Å². The number of aromatic amines is 1. The highest BCUT2D eigenvalue weighted by Crippen LogP contribution is 2.24. The van der Waals surface area contributed by atoms with Crippen LogP contribution in [0.3, 0.4) is 0 Å². The Morgan fingerprint density at radius 1 is 1.57 bits per heavy atom. The largest absolute Gasteiger partial charge is 0.480 e. The number of aliphatic carboxylic acids is 1. The molecule has 8 nitrogen and oxygen atoms in total. The summed E-state index contributed by atoms with van der Waals surface area (Å²) in [6, 6.07) is -0.884. The highest BCUT2D eigenvalue weighted by molar-refractivity contribution is 5.73. The Balaban J connectivity index is 2.81. The van der Waals surface area contributed by atoms with Gasteiger partial charge in [-0.25, -0.2) is 4.98 Å². The lowest BCUT2D eigenvalue weighted by molar-refractivity contribution is -0.903. The molecule has 2 atom stereocenters. The van der Waals surface area contributed by atoms with E-state index in [1.165, 1.54) is 0 Å². The third kappa shape index (κ3) is 5.16. The van der Waals surface area contributed by atoms with E-state index in [2.05, 4.69) is 15.3 Å². The molecule has 0 aliphatic carbocycles. The molecule has 118 valence electrons. The fourth-order valence-corrected chi connectivity index (χ4v) is 2.14. The Morgan fingerprint density at radius 3 is 2.76 bits per heavy atom. The number of nitrogens with one attached hydrogen (secondary N) is 2. The van der Waals surface area contributed by atoms with Crippen molar-refractivity contribution in [3.63, 3.8) is 0 Å². The van der Waals surface area contributed by atoms with E-state index in [0.29, 0.717) is 23.1 Å². The van der Waals surface area contributed by atoms with Crippen LogP contribution in [0.2, 0.25) is 0 Å². The molecule has 0 spiro atoms. The average molecular weight is 298 g/mol. The smallest absolute Gasteiger partial charge is 0.320 e. The third-order valence-electron chi connectivity index (χ3n) is 3.30. The molecule has 1 aromatic heterocycles. The summed E-state index contributed by atoms with van der Waals surface area (Å²) in [4.78, 5) is 28.6. The number of carbonyl (C=O) groups excluding carboxylic acids is 1. The van der Waals surface area contributed by atoms with Crippen LogP contribution >= 0.6 is 0 Å². The van der Waals surface area contributed by atoms with Gasteiger partial charge in [-0.1, -0.05) is 0 Å². The molecule has 1 amide bonds. The summed E-state index contributed by atoms with van der Waals surface area (Å²) in [5.41, 5.74) is 6.21. The van der Waals surface area contributed by atoms with Crippen molar-refractivity contribution in [1.29, 1.82) is 0 Å². The summed E-state index contributed by atoms with van der Waals surface area (Å²) < 4.78 is 0.637. The van der Waals surface area contributed by atoms with Gasteiger partial charge in [-0.15, -0.1) is 0 Å². The van der Waals surface area contributed by atoms with Crippen molar-refractivity contribution in [2.24, 2.45) is 5.73 Å². The van der Waals surface area contributed by atoms with E-state index < -0.39 is 12.0 Å². The van der Waals surface area contributed by atoms with Gasteiger partial charge in [0, 0.05) is 31.3 Å². The molecule has 21 heavy (non-hydrogen) atoms. The molecule has 0 fully saturated rings. The summed E-state index contributed by atoms with van der Waals surface area (Å²) in [5, 5.41) is 11.5. The fraction of sp³-hybridized carbons (Fsp3) is 0.615. The number of amides is 1. The normalized spacial score (nSPS) is 14.5. The molecule has 0 bridgehead atoms. The zero-order valence-corrected chi connectivity index (χ0v) is 12.7. The first-order valence-electron chi connectivity index (χ1n) is 6.76. The van der Waals surface area contributed by atoms with E-state index in [0.717, 1.165) is 12.2 Å². The van der Waals surface area contributed by atoms with E-state index in [-0.39, 0.29) is 12.5 Å². The first-order valence-corrected chi connectivity index (χ1v) is 6.76. The second-order valence-corrected chi connectivity index (χ2v) is 5.94. The second kappa shape index (κ2) is 7.19. The Bertz CT molecular complexity index is 480. The predicted molar refractivity (Wildman–Crippen MR) is 77.4 cm³/mol. The van der Waals surface area contributed by atoms with Crippen LogP contribution in [0.25, 0.3) is 0 Å². The third-order valence-corrected chi connectivity index (χ3v) is 3.30. The number of nitrogens with zero attached hydrogens (tertiary/aromatic N) is 2. The van der Waals surface area contributed by atoms with Crippen LogP contribution in [0, 0.1) is 0 Å². The summed E-state index contributed by atoms with van der Waals surface area (Å²) in [6.45, 7) is 0.550. The molecule has 1 rings (SSSR count). The minimum atomic E-state index is -1.04. The number of nitrogens with two attached hydrogens (primary N) is 1. The van der Waals surface area contributed by atoms with Gasteiger partial charge in [0.2, 0.25) is 6.41 Å². The molecular weight excluding hydrogens is 274 g/mol. The van der Waals surface area contributed by atoms with E-state index in [4.69, 9.17) is 10.8 Å². The average Bonchev–Trinajstić information content (AvgIpc) is 2.81. The van der Waals surface area contributed by atoms with E-state index >= 15 is 0 Å². The minimum absolute atomic E-state index is 0.0623. The van der Waals surface area contributed by atoms with Crippen LogP contribution in [0.4, 0.5) is 0 Å². The number of hydrogen-bond acceptors (Lipinski definition) is 4. The number of imidazole rings is 1. The standard InChI is InChI=1S/C13H23N5O3/c1-18(2,3)11(4-5-15-8-19)12-16-7-9(17-12)6-10(14)13(20)21/h7-8,10-11H,4-6,14H2,1-3H3,(H2-,15,16,17,19,20,21)/p+1/t10-,11?/m0/s1. The number of H-pyrrole nitrogens is 1. The van der Waals surface area contributed by atoms with Crippen molar-refractivity contribution in [3.8, 4) is 0 Å². The van der Waals surface area contributed by atoms with E-state index in [9.17, 15) is 9.59 Å². The molecular formula is C13H24N5O3+. The lowest BCUT2D eigenvalue weighted by Crippen LogP contribution is -2.40. The molecule has 8 heteroatoms. The van der Waals surface area contributed by atoms with Crippen molar-refractivity contribution in [2.75, 3.05) is 27.7 Å². The molecule has 0 saturated heterocycles. The molecule has 5 N–H and O–H groups in total. The molecule has 1 aromatic rings. The zero-order valence-electron chi connectivity index (χ0n) is 12.7. The highest BCUT2D eigenvalue weighted by atomic mass is 16.4. The van der Waals surface area contributed by atoms with Gasteiger partial charge < -0.3 is 25.6 Å². The second-order valence-electron chi connectivity index (χ2n) is 5.94. The molecule has 0 aliphatic heterocycles. The maximum Gasteiger partial charge on any atom is 0.320 e. The Morgan fingerprint density at radius 2 is 2.24 bits per heavy atom. The number of quaternary nitrogens is 1. The molecule has 1 heterocycles. The number of carbonyl (C=O) groups is 2. The van der Waals surface area contributed by atoms with Crippen LogP contribution in [-0.2, 0) is 16.0 Å². The summed E-state index contributed by atoms with van der Waals surface area (Å²) >= 11 is 0. The van der Waals surface area contributed by atoms with Crippen molar-refractivity contribution >= 4 is 12.4 Å². The number of carboxylic acid groups (broad SMARTS) is 1. The first kappa shape index (κ1) is 17.1. The van der Waals surface area contributed by atoms with Crippen LogP contribution in [-0.4, -0.2) is 65.7 Å². The fourth-order valence-electron chi connectivity index (χ4n) is 2.14. The Kier molecular flexibility index (Phi) is 5.86. The van der Waals surface area contributed by atoms with Crippen molar-refractivity contribution in [3.05, 3.63) is 17.7 Å². The number of aromatic nitrogens is 2. The summed E-state index contributed by atoms with van der Waals surface area (Å²) in [5.74, 6) is -0.271. The molecule has 0 saturated carbocycles. The summed E-state index contributed by atoms with van der Waals surface area (Å²) in [7, 11) is 6.12. The van der Waals surface area contributed by atoms with Gasteiger partial charge in [-0.3, -0.25) is 9.59 Å². The van der Waals surface area contributed by atoms with Gasteiger partial charge >= 0.3 is 5.97 Å². The van der Waals surface area contributed by atoms with E-state index in [1.54, 1.807) is 6.20 Å². The van der Waals surface area contributed by atoms with Crippen LogP contribution in [0.5, 0.6) is 0 Å². The molecule has 0 aromatic carbocycles. The minimum Gasteiger partial charge on any atom is -0.480 e. The number of rotatable bonds is 9. The number of hydrogen-bond donors (Lipinski definition) is 4. The maximum atomic E-state index is 10.8. The zero-order chi connectivity index (χ0) is 16.0. The monoisotopic (exact) mass is 298 g/mol. The van der Waals surface area contributed by atoms with Crippen LogP contribution in [0.15, 0.2) is 6.20 Å². The van der Waals surface area contributed by atoms with Crippen molar-refractivity contribution < 1.29 is 19.2 Å². The molecule has 1 unspecified atom stereocenters. The van der Waals surface area contributed by atoms with Gasteiger partial charge in [-0.2, -0.15) is 0 Å². The lowest BCUT2D eigenvalue weighted by atomic mass is 10.1. The van der Waals surface area contributed by atoms with Gasteiger partial charge in [-0.05, 0) is 0 Å². The topological polar surface area (TPSA) is 121 Å². The maximum absolute atomic E-state index is 10.8. The SMILES string of the molecule is C[N+](C)(C)C(CCNC=O)c1ncc(C[C@H](N)C(=O)O)[nH]1.